The van der Waals surface area contributed by atoms with E-state index in [2.05, 4.69) is 43.4 Å². The monoisotopic (exact) mass is 292 g/mol. The van der Waals surface area contributed by atoms with Crippen molar-refractivity contribution in [1.29, 1.82) is 0 Å². The van der Waals surface area contributed by atoms with Crippen LogP contribution in [0.25, 0.3) is 0 Å². The van der Waals surface area contributed by atoms with E-state index in [9.17, 15) is 4.79 Å². The summed E-state index contributed by atoms with van der Waals surface area (Å²) in [4.78, 5) is 13.9. The fourth-order valence-corrected chi connectivity index (χ4v) is 2.23. The zero-order chi connectivity index (χ0) is 15.8. The maximum Gasteiger partial charge on any atom is 0.234 e. The highest BCUT2D eigenvalue weighted by Crippen LogP contribution is 2.15. The molecule has 1 aromatic rings. The van der Waals surface area contributed by atoms with Gasteiger partial charge in [0.2, 0.25) is 5.91 Å². The predicted octanol–water partition coefficient (Wildman–Crippen LogP) is 2.39. The van der Waals surface area contributed by atoms with Gasteiger partial charge in [-0.05, 0) is 31.0 Å². The zero-order valence-corrected chi connectivity index (χ0v) is 13.8. The first kappa shape index (κ1) is 17.7. The van der Waals surface area contributed by atoms with Gasteiger partial charge in [0, 0.05) is 19.7 Å². The van der Waals surface area contributed by atoms with Crippen molar-refractivity contribution in [2.24, 2.45) is 0 Å². The fraction of sp³-hybridized carbons (Fsp3) is 0.588. The summed E-state index contributed by atoms with van der Waals surface area (Å²) in [5, 5.41) is 2.92. The van der Waals surface area contributed by atoms with Gasteiger partial charge in [-0.2, -0.15) is 0 Å². The molecule has 0 saturated heterocycles. The molecule has 1 N–H and O–H groups in total. The van der Waals surface area contributed by atoms with Crippen LogP contribution in [0.15, 0.2) is 24.3 Å². The molecule has 0 aliphatic rings. The van der Waals surface area contributed by atoms with Crippen molar-refractivity contribution in [2.75, 3.05) is 27.3 Å². The number of hydrogen-bond donors (Lipinski definition) is 1. The molecule has 1 atom stereocenters. The van der Waals surface area contributed by atoms with Gasteiger partial charge in [-0.3, -0.25) is 9.69 Å². The number of ether oxygens (including phenoxy) is 1. The van der Waals surface area contributed by atoms with E-state index in [0.717, 1.165) is 6.54 Å². The molecule has 0 aliphatic heterocycles. The first-order valence-electron chi connectivity index (χ1n) is 7.48. The maximum absolute atomic E-state index is 11.9. The minimum Gasteiger partial charge on any atom is -0.383 e. The second kappa shape index (κ2) is 8.80. The molecule has 4 nitrogen and oxygen atoms in total. The van der Waals surface area contributed by atoms with Crippen LogP contribution in [0.5, 0.6) is 0 Å². The van der Waals surface area contributed by atoms with Gasteiger partial charge in [-0.25, -0.2) is 0 Å². The lowest BCUT2D eigenvalue weighted by Crippen LogP contribution is -2.41. The third kappa shape index (κ3) is 6.74. The van der Waals surface area contributed by atoms with Crippen LogP contribution in [0, 0.1) is 0 Å². The molecule has 1 aromatic carbocycles. The van der Waals surface area contributed by atoms with Crippen LogP contribution >= 0.6 is 0 Å². The van der Waals surface area contributed by atoms with Gasteiger partial charge >= 0.3 is 0 Å². The summed E-state index contributed by atoms with van der Waals surface area (Å²) in [7, 11) is 3.59. The molecule has 4 heteroatoms. The SMILES string of the molecule is COC[C@@H](C)NC(=O)CN(C)Cc1ccc(C(C)C)cc1. The molecule has 1 rings (SSSR count). The Labute approximate surface area is 128 Å². The molecule has 0 bridgehead atoms. The number of nitrogens with one attached hydrogen (secondary N) is 1. The highest BCUT2D eigenvalue weighted by molar-refractivity contribution is 5.78. The predicted molar refractivity (Wildman–Crippen MR) is 86.3 cm³/mol. The molecule has 0 heterocycles. The van der Waals surface area contributed by atoms with Crippen LogP contribution in [-0.4, -0.2) is 44.2 Å². The summed E-state index contributed by atoms with van der Waals surface area (Å²) in [6, 6.07) is 8.64. The molecule has 21 heavy (non-hydrogen) atoms. The number of nitrogens with zero attached hydrogens (tertiary/aromatic N) is 1. The zero-order valence-electron chi connectivity index (χ0n) is 13.8. The van der Waals surface area contributed by atoms with Crippen LogP contribution in [-0.2, 0) is 16.1 Å². The molecule has 0 fully saturated rings. The van der Waals surface area contributed by atoms with Crippen LogP contribution in [0.3, 0.4) is 0 Å². The van der Waals surface area contributed by atoms with Crippen molar-refractivity contribution in [3.8, 4) is 0 Å². The molecule has 0 saturated carbocycles. The minimum atomic E-state index is 0.0286. The third-order valence-electron chi connectivity index (χ3n) is 3.34. The normalized spacial score (nSPS) is 12.7. The van der Waals surface area contributed by atoms with Crippen molar-refractivity contribution < 1.29 is 9.53 Å². The largest absolute Gasteiger partial charge is 0.383 e. The van der Waals surface area contributed by atoms with Crippen molar-refractivity contribution in [3.05, 3.63) is 35.4 Å². The number of carbonyl (C=O) groups excluding carboxylic acids is 1. The molecular formula is C17H28N2O2. The first-order valence-corrected chi connectivity index (χ1v) is 7.48. The molecule has 0 aromatic heterocycles. The second-order valence-electron chi connectivity index (χ2n) is 5.99. The van der Waals surface area contributed by atoms with E-state index in [1.807, 2.05) is 18.9 Å². The topological polar surface area (TPSA) is 41.6 Å². The number of benzene rings is 1. The van der Waals surface area contributed by atoms with Crippen LogP contribution < -0.4 is 5.32 Å². The van der Waals surface area contributed by atoms with Crippen LogP contribution in [0.1, 0.15) is 37.8 Å². The Morgan fingerprint density at radius 1 is 1.24 bits per heavy atom. The van der Waals surface area contributed by atoms with E-state index >= 15 is 0 Å². The van der Waals surface area contributed by atoms with Crippen LogP contribution in [0.2, 0.25) is 0 Å². The Balaban J connectivity index is 2.42. The van der Waals surface area contributed by atoms with Gasteiger partial charge in [0.15, 0.2) is 0 Å². The Bertz CT molecular complexity index is 429. The summed E-state index contributed by atoms with van der Waals surface area (Å²) in [5.74, 6) is 0.575. The lowest BCUT2D eigenvalue weighted by molar-refractivity contribution is -0.123. The number of amides is 1. The summed E-state index contributed by atoms with van der Waals surface area (Å²) in [5.41, 5.74) is 2.56. The fourth-order valence-electron chi connectivity index (χ4n) is 2.23. The summed E-state index contributed by atoms with van der Waals surface area (Å²) < 4.78 is 5.01. The van der Waals surface area contributed by atoms with E-state index < -0.39 is 0 Å². The van der Waals surface area contributed by atoms with Gasteiger partial charge < -0.3 is 10.1 Å². The lowest BCUT2D eigenvalue weighted by atomic mass is 10.0. The number of methoxy groups -OCH3 is 1. The van der Waals surface area contributed by atoms with E-state index in [0.29, 0.717) is 19.1 Å². The molecule has 0 aliphatic carbocycles. The average molecular weight is 292 g/mol. The molecular weight excluding hydrogens is 264 g/mol. The van der Waals surface area contributed by atoms with Gasteiger partial charge in [0.25, 0.3) is 0 Å². The first-order chi connectivity index (χ1) is 9.92. The average Bonchev–Trinajstić information content (AvgIpc) is 2.38. The number of likely N-dealkylation sites (N-methyl/N-ethyl adjacent to an activating group) is 1. The second-order valence-corrected chi connectivity index (χ2v) is 5.99. The van der Waals surface area contributed by atoms with Crippen molar-refractivity contribution in [3.63, 3.8) is 0 Å². The van der Waals surface area contributed by atoms with E-state index in [4.69, 9.17) is 4.74 Å². The van der Waals surface area contributed by atoms with Crippen molar-refractivity contribution in [2.45, 2.75) is 39.3 Å². The number of rotatable bonds is 8. The van der Waals surface area contributed by atoms with Gasteiger partial charge in [-0.15, -0.1) is 0 Å². The molecule has 0 spiro atoms. The Morgan fingerprint density at radius 2 is 1.86 bits per heavy atom. The van der Waals surface area contributed by atoms with Crippen LogP contribution in [0.4, 0.5) is 0 Å². The Morgan fingerprint density at radius 3 is 2.38 bits per heavy atom. The molecule has 118 valence electrons. The smallest absolute Gasteiger partial charge is 0.234 e. The standard InChI is InChI=1S/C17H28N2O2/c1-13(2)16-8-6-15(7-9-16)10-19(4)11-17(20)18-14(3)12-21-5/h6-9,13-14H,10-12H2,1-5H3,(H,18,20)/t14-/m1/s1. The van der Waals surface area contributed by atoms with Crippen molar-refractivity contribution in [1.82, 2.24) is 10.2 Å². The van der Waals surface area contributed by atoms with E-state index in [-0.39, 0.29) is 11.9 Å². The highest BCUT2D eigenvalue weighted by Gasteiger charge is 2.10. The quantitative estimate of drug-likeness (QED) is 0.800. The molecule has 0 unspecified atom stereocenters. The van der Waals surface area contributed by atoms with Gasteiger partial charge in [0.05, 0.1) is 13.2 Å². The third-order valence-corrected chi connectivity index (χ3v) is 3.34. The lowest BCUT2D eigenvalue weighted by Gasteiger charge is -2.19. The molecule has 1 amide bonds. The number of carbonyl (C=O) groups is 1. The Hall–Kier alpha value is -1.39. The minimum absolute atomic E-state index is 0.0286. The van der Waals surface area contributed by atoms with Gasteiger partial charge in [0.1, 0.15) is 0 Å². The van der Waals surface area contributed by atoms with Crippen molar-refractivity contribution >= 4 is 5.91 Å². The number of hydrogen-bond acceptors (Lipinski definition) is 3. The molecule has 0 radical (unpaired) electrons. The maximum atomic E-state index is 11.9. The highest BCUT2D eigenvalue weighted by atomic mass is 16.5. The van der Waals surface area contributed by atoms with E-state index in [1.54, 1.807) is 7.11 Å². The summed E-state index contributed by atoms with van der Waals surface area (Å²) >= 11 is 0. The van der Waals surface area contributed by atoms with Gasteiger partial charge in [-0.1, -0.05) is 38.1 Å². The van der Waals surface area contributed by atoms with E-state index in [1.165, 1.54) is 11.1 Å². The summed E-state index contributed by atoms with van der Waals surface area (Å²) in [6.45, 7) is 8.00. The Kier molecular flexibility index (Phi) is 7.40. The summed E-state index contributed by atoms with van der Waals surface area (Å²) in [6.07, 6.45) is 0.